The molecule has 0 radical (unpaired) electrons. The lowest BCUT2D eigenvalue weighted by Gasteiger charge is -2.07. The molecule has 2 aromatic heterocycles. The number of pyridine rings is 1. The molecular weight excluding hydrogens is 262 g/mol. The van der Waals surface area contributed by atoms with E-state index in [-0.39, 0.29) is 5.69 Å². The standard InChI is InChI=1S/C11H9N7O2/c19-18(20)9-4-3-8(11-7(9)2-1-5-12-11)13-6-10-14-16-17-15-10/h1-5,13H,6H2,(H,14,15,16,17). The summed E-state index contributed by atoms with van der Waals surface area (Å²) in [6.45, 7) is 0.347. The van der Waals surface area contributed by atoms with E-state index < -0.39 is 4.92 Å². The number of H-pyrrole nitrogens is 1. The van der Waals surface area contributed by atoms with Crippen LogP contribution < -0.4 is 5.32 Å². The molecule has 2 heterocycles. The predicted molar refractivity (Wildman–Crippen MR) is 69.9 cm³/mol. The summed E-state index contributed by atoms with van der Waals surface area (Å²) < 4.78 is 0. The lowest BCUT2D eigenvalue weighted by atomic mass is 10.1. The monoisotopic (exact) mass is 271 g/mol. The van der Waals surface area contributed by atoms with Crippen molar-refractivity contribution in [3.8, 4) is 0 Å². The molecule has 0 saturated heterocycles. The first-order valence-corrected chi connectivity index (χ1v) is 5.74. The van der Waals surface area contributed by atoms with Crippen LogP contribution in [0.2, 0.25) is 0 Å². The lowest BCUT2D eigenvalue weighted by molar-refractivity contribution is -0.383. The first-order chi connectivity index (χ1) is 9.75. The maximum Gasteiger partial charge on any atom is 0.278 e. The van der Waals surface area contributed by atoms with E-state index in [2.05, 4.69) is 30.9 Å². The molecule has 0 amide bonds. The molecule has 0 aliphatic heterocycles. The summed E-state index contributed by atoms with van der Waals surface area (Å²) in [7, 11) is 0. The largest absolute Gasteiger partial charge is 0.376 e. The van der Waals surface area contributed by atoms with Crippen molar-refractivity contribution in [2.24, 2.45) is 0 Å². The molecule has 0 bridgehead atoms. The van der Waals surface area contributed by atoms with Crippen LogP contribution in [0.3, 0.4) is 0 Å². The SMILES string of the molecule is O=[N+]([O-])c1ccc(NCc2nn[nH]n2)c2ncccc12. The zero-order valence-electron chi connectivity index (χ0n) is 10.1. The maximum absolute atomic E-state index is 11.0. The number of nitro benzene ring substituents is 1. The first-order valence-electron chi connectivity index (χ1n) is 5.74. The quantitative estimate of drug-likeness (QED) is 0.541. The summed E-state index contributed by atoms with van der Waals surface area (Å²) in [6, 6.07) is 6.40. The number of benzene rings is 1. The number of aromatic amines is 1. The number of nitrogens with zero attached hydrogens (tertiary/aromatic N) is 5. The molecular formula is C11H9N7O2. The first kappa shape index (κ1) is 12.0. The van der Waals surface area contributed by atoms with Crippen molar-refractivity contribution in [3.05, 3.63) is 46.4 Å². The molecule has 100 valence electrons. The fourth-order valence-electron chi connectivity index (χ4n) is 1.89. The number of fused-ring (bicyclic) bond motifs is 1. The Morgan fingerprint density at radius 3 is 3.00 bits per heavy atom. The third kappa shape index (κ3) is 2.11. The third-order valence-corrected chi connectivity index (χ3v) is 2.77. The molecule has 0 spiro atoms. The second-order valence-corrected chi connectivity index (χ2v) is 3.97. The van der Waals surface area contributed by atoms with Gasteiger partial charge in [0.05, 0.1) is 22.5 Å². The highest BCUT2D eigenvalue weighted by atomic mass is 16.6. The van der Waals surface area contributed by atoms with Crippen LogP contribution >= 0.6 is 0 Å². The number of hydrogen-bond donors (Lipinski definition) is 2. The minimum absolute atomic E-state index is 0.0261. The second-order valence-electron chi connectivity index (χ2n) is 3.97. The topological polar surface area (TPSA) is 123 Å². The van der Waals surface area contributed by atoms with Gasteiger partial charge in [-0.1, -0.05) is 5.21 Å². The minimum atomic E-state index is -0.424. The molecule has 0 fully saturated rings. The van der Waals surface area contributed by atoms with Gasteiger partial charge in [0.2, 0.25) is 0 Å². The van der Waals surface area contributed by atoms with E-state index >= 15 is 0 Å². The number of nitrogens with one attached hydrogen (secondary N) is 2. The van der Waals surface area contributed by atoms with Crippen molar-refractivity contribution < 1.29 is 4.92 Å². The van der Waals surface area contributed by atoms with Gasteiger partial charge in [0.25, 0.3) is 5.69 Å². The summed E-state index contributed by atoms with van der Waals surface area (Å²) in [5.41, 5.74) is 1.24. The van der Waals surface area contributed by atoms with Gasteiger partial charge in [0.15, 0.2) is 5.82 Å². The van der Waals surface area contributed by atoms with Crippen molar-refractivity contribution >= 4 is 22.3 Å². The highest BCUT2D eigenvalue weighted by Crippen LogP contribution is 2.29. The van der Waals surface area contributed by atoms with E-state index in [9.17, 15) is 10.1 Å². The van der Waals surface area contributed by atoms with Gasteiger partial charge in [-0.2, -0.15) is 5.21 Å². The van der Waals surface area contributed by atoms with E-state index in [1.807, 2.05) is 0 Å². The average molecular weight is 271 g/mol. The average Bonchev–Trinajstić information content (AvgIpc) is 2.97. The fourth-order valence-corrected chi connectivity index (χ4v) is 1.89. The highest BCUT2D eigenvalue weighted by molar-refractivity contribution is 5.96. The molecule has 0 aliphatic rings. The van der Waals surface area contributed by atoms with Crippen LogP contribution in [0.15, 0.2) is 30.5 Å². The Hall–Kier alpha value is -3.10. The highest BCUT2D eigenvalue weighted by Gasteiger charge is 2.14. The summed E-state index contributed by atoms with van der Waals surface area (Å²) in [6.07, 6.45) is 1.59. The molecule has 20 heavy (non-hydrogen) atoms. The van der Waals surface area contributed by atoms with Crippen LogP contribution in [-0.2, 0) is 6.54 Å². The summed E-state index contributed by atoms with van der Waals surface area (Å²) in [5.74, 6) is 0.493. The Morgan fingerprint density at radius 1 is 1.35 bits per heavy atom. The number of tetrazole rings is 1. The summed E-state index contributed by atoms with van der Waals surface area (Å²) in [5, 5.41) is 28.0. The van der Waals surface area contributed by atoms with Crippen molar-refractivity contribution in [2.75, 3.05) is 5.32 Å². The van der Waals surface area contributed by atoms with E-state index in [1.54, 1.807) is 24.4 Å². The van der Waals surface area contributed by atoms with Gasteiger partial charge in [0, 0.05) is 12.3 Å². The van der Waals surface area contributed by atoms with Crippen molar-refractivity contribution in [1.29, 1.82) is 0 Å². The lowest BCUT2D eigenvalue weighted by Crippen LogP contribution is -2.03. The Kier molecular flexibility index (Phi) is 2.92. The smallest absolute Gasteiger partial charge is 0.278 e. The van der Waals surface area contributed by atoms with E-state index in [0.717, 1.165) is 0 Å². The van der Waals surface area contributed by atoms with Crippen LogP contribution in [0.25, 0.3) is 10.9 Å². The predicted octanol–water partition coefficient (Wildman–Crippen LogP) is 1.27. The van der Waals surface area contributed by atoms with Crippen LogP contribution in [0.1, 0.15) is 5.82 Å². The molecule has 1 aromatic carbocycles. The number of nitro groups is 1. The summed E-state index contributed by atoms with van der Waals surface area (Å²) in [4.78, 5) is 14.8. The van der Waals surface area contributed by atoms with Gasteiger partial charge in [-0.3, -0.25) is 15.1 Å². The van der Waals surface area contributed by atoms with E-state index in [1.165, 1.54) is 6.07 Å². The number of aromatic nitrogens is 5. The summed E-state index contributed by atoms with van der Waals surface area (Å²) >= 11 is 0. The maximum atomic E-state index is 11.0. The molecule has 0 saturated carbocycles. The van der Waals surface area contributed by atoms with Crippen LogP contribution in [-0.4, -0.2) is 30.5 Å². The minimum Gasteiger partial charge on any atom is -0.376 e. The van der Waals surface area contributed by atoms with Gasteiger partial charge in [-0.15, -0.1) is 10.2 Å². The van der Waals surface area contributed by atoms with E-state index in [0.29, 0.717) is 29.0 Å². The van der Waals surface area contributed by atoms with Crippen LogP contribution in [0, 0.1) is 10.1 Å². The fraction of sp³-hybridized carbons (Fsp3) is 0.0909. The molecule has 3 rings (SSSR count). The molecule has 9 heteroatoms. The Labute approximate surface area is 112 Å². The van der Waals surface area contributed by atoms with Crippen molar-refractivity contribution in [3.63, 3.8) is 0 Å². The van der Waals surface area contributed by atoms with Crippen molar-refractivity contribution in [1.82, 2.24) is 25.6 Å². The number of anilines is 1. The van der Waals surface area contributed by atoms with Gasteiger partial charge in [-0.05, 0) is 18.2 Å². The number of hydrogen-bond acceptors (Lipinski definition) is 7. The molecule has 0 unspecified atom stereocenters. The zero-order chi connectivity index (χ0) is 13.9. The van der Waals surface area contributed by atoms with E-state index in [4.69, 9.17) is 0 Å². The molecule has 3 aromatic rings. The zero-order valence-corrected chi connectivity index (χ0v) is 10.1. The Bertz CT molecular complexity index is 757. The Balaban J connectivity index is 1.99. The molecule has 0 aliphatic carbocycles. The molecule has 0 atom stereocenters. The number of rotatable bonds is 4. The third-order valence-electron chi connectivity index (χ3n) is 2.77. The Morgan fingerprint density at radius 2 is 2.25 bits per heavy atom. The number of non-ortho nitro benzene ring substituents is 1. The molecule has 9 nitrogen and oxygen atoms in total. The normalized spacial score (nSPS) is 10.6. The van der Waals surface area contributed by atoms with Crippen LogP contribution in [0.4, 0.5) is 11.4 Å². The van der Waals surface area contributed by atoms with Crippen LogP contribution in [0.5, 0.6) is 0 Å². The van der Waals surface area contributed by atoms with Gasteiger partial charge < -0.3 is 5.32 Å². The molecule has 2 N–H and O–H groups in total. The second kappa shape index (κ2) is 4.88. The van der Waals surface area contributed by atoms with Gasteiger partial charge in [0.1, 0.15) is 5.52 Å². The van der Waals surface area contributed by atoms with Gasteiger partial charge >= 0.3 is 0 Å². The van der Waals surface area contributed by atoms with Crippen molar-refractivity contribution in [2.45, 2.75) is 6.54 Å². The van der Waals surface area contributed by atoms with Gasteiger partial charge in [-0.25, -0.2) is 0 Å².